The van der Waals surface area contributed by atoms with Crippen molar-refractivity contribution in [2.75, 3.05) is 17.7 Å². The van der Waals surface area contributed by atoms with Gasteiger partial charge in [0.2, 0.25) is 0 Å². The van der Waals surface area contributed by atoms with Crippen molar-refractivity contribution in [2.45, 2.75) is 41.0 Å². The van der Waals surface area contributed by atoms with Crippen molar-refractivity contribution in [1.29, 1.82) is 0 Å². The molecule has 0 unspecified atom stereocenters. The van der Waals surface area contributed by atoms with Gasteiger partial charge in [-0.05, 0) is 32.1 Å². The second-order valence-corrected chi connectivity index (χ2v) is 5.84. The molecule has 1 radical (unpaired) electrons. The number of aromatic hydroxyl groups is 1. The van der Waals surface area contributed by atoms with Crippen LogP contribution in [-0.2, 0) is 32.7 Å². The molecule has 0 atom stereocenters. The van der Waals surface area contributed by atoms with Crippen LogP contribution in [0.25, 0.3) is 0 Å². The molecule has 0 aliphatic rings. The SMILES string of the molecule is CC.CCC(=O)c1cnc(NC(C=C(C)C)=NC)cc1Nc1ncccc1O.[CH3-].[Y]. The van der Waals surface area contributed by atoms with Crippen LogP contribution in [0.5, 0.6) is 5.75 Å². The molecule has 7 nitrogen and oxygen atoms in total. The number of aliphatic imine (C=N–C) groups is 1. The van der Waals surface area contributed by atoms with E-state index in [1.54, 1.807) is 32.3 Å². The molecule has 0 aliphatic carbocycles. The van der Waals surface area contributed by atoms with E-state index in [1.165, 1.54) is 12.3 Å². The normalized spacial score (nSPS) is 9.73. The third-order valence-electron chi connectivity index (χ3n) is 3.49. The van der Waals surface area contributed by atoms with Gasteiger partial charge in [0.25, 0.3) is 0 Å². The minimum Gasteiger partial charge on any atom is -0.504 e. The maximum absolute atomic E-state index is 12.2. The predicted molar refractivity (Wildman–Crippen MR) is 122 cm³/mol. The minimum absolute atomic E-state index is 0. The Morgan fingerprint density at radius 2 is 1.93 bits per heavy atom. The van der Waals surface area contributed by atoms with Gasteiger partial charge in [0.1, 0.15) is 11.7 Å². The number of Topliss-reactive ketones (excluding diaryl/α,β-unsaturated/α-hetero) is 1. The second-order valence-electron chi connectivity index (χ2n) is 5.84. The Bertz CT molecular complexity index is 862. The Balaban J connectivity index is 0. The fourth-order valence-corrected chi connectivity index (χ4v) is 2.22. The number of hydrogen-bond donors (Lipinski definition) is 3. The van der Waals surface area contributed by atoms with Crippen molar-refractivity contribution < 1.29 is 42.6 Å². The van der Waals surface area contributed by atoms with E-state index in [1.807, 2.05) is 33.8 Å². The quantitative estimate of drug-likeness (QED) is 0.218. The van der Waals surface area contributed by atoms with Crippen molar-refractivity contribution in [2.24, 2.45) is 4.99 Å². The Kier molecular flexibility index (Phi) is 15.7. The van der Waals surface area contributed by atoms with Gasteiger partial charge in [0.15, 0.2) is 17.4 Å². The van der Waals surface area contributed by atoms with E-state index < -0.39 is 0 Å². The molecule has 0 aromatic carbocycles. The smallest absolute Gasteiger partial charge is 0.172 e. The molecule has 161 valence electrons. The Labute approximate surface area is 205 Å². The number of aromatic nitrogens is 2. The van der Waals surface area contributed by atoms with Crippen LogP contribution >= 0.6 is 0 Å². The van der Waals surface area contributed by atoms with E-state index in [0.29, 0.717) is 29.3 Å². The summed E-state index contributed by atoms with van der Waals surface area (Å²) >= 11 is 0. The van der Waals surface area contributed by atoms with Crippen molar-refractivity contribution >= 4 is 28.9 Å². The van der Waals surface area contributed by atoms with Crippen LogP contribution in [0.15, 0.2) is 47.2 Å². The average Bonchev–Trinajstić information content (AvgIpc) is 2.70. The number of hydrogen-bond acceptors (Lipinski definition) is 6. The molecule has 8 heteroatoms. The number of nitrogens with zero attached hydrogens (tertiary/aromatic N) is 3. The van der Waals surface area contributed by atoms with Crippen LogP contribution in [0.2, 0.25) is 0 Å². The first-order valence-corrected chi connectivity index (χ1v) is 9.27. The van der Waals surface area contributed by atoms with Crippen molar-refractivity contribution in [1.82, 2.24) is 9.97 Å². The standard InChI is InChI=1S/C19H23N5O2.C2H6.CH3.Y/c1-5-15(25)13-11-22-18(24-17(20-4)9-12(2)3)10-14(13)23-19-16(26)7-6-8-21-19;1-2;;/h6-11,26H,5H2,1-4H3,(H2,20,21,22,23,24);1-2H3;1H3;/q;;-1;. The molecular weight excluding hydrogens is 455 g/mol. The molecule has 0 aliphatic heterocycles. The van der Waals surface area contributed by atoms with Crippen molar-refractivity contribution in [3.05, 3.63) is 55.2 Å². The zero-order valence-corrected chi connectivity index (χ0v) is 21.8. The summed E-state index contributed by atoms with van der Waals surface area (Å²) in [4.78, 5) is 24.8. The Morgan fingerprint density at radius 3 is 2.47 bits per heavy atom. The number of pyridine rings is 2. The molecule has 2 aromatic heterocycles. The van der Waals surface area contributed by atoms with Gasteiger partial charge in [-0.25, -0.2) is 9.97 Å². The topological polar surface area (TPSA) is 99.5 Å². The van der Waals surface area contributed by atoms with Gasteiger partial charge in [0.05, 0.1) is 11.3 Å². The molecule has 0 bridgehead atoms. The van der Waals surface area contributed by atoms with Gasteiger partial charge in [-0.1, -0.05) is 26.3 Å². The number of nitrogens with one attached hydrogen (secondary N) is 2. The number of carbonyl (C=O) groups excluding carboxylic acids is 1. The van der Waals surface area contributed by atoms with Gasteiger partial charge >= 0.3 is 0 Å². The van der Waals surface area contributed by atoms with E-state index in [2.05, 4.69) is 25.6 Å². The number of allylic oxidation sites excluding steroid dienone is 1. The summed E-state index contributed by atoms with van der Waals surface area (Å²) < 4.78 is 0. The molecule has 30 heavy (non-hydrogen) atoms. The summed E-state index contributed by atoms with van der Waals surface area (Å²) in [6.45, 7) is 9.73. The number of anilines is 3. The number of rotatable bonds is 6. The average molecular weight is 487 g/mol. The first kappa shape index (κ1) is 30.1. The Hall–Kier alpha value is -2.12. The maximum Gasteiger partial charge on any atom is 0.172 e. The number of carbonyl (C=O) groups is 1. The fraction of sp³-hybridized carbons (Fsp3) is 0.318. The van der Waals surface area contributed by atoms with Crippen LogP contribution in [0.1, 0.15) is 51.4 Å². The molecule has 3 N–H and O–H groups in total. The molecule has 2 rings (SSSR count). The van der Waals surface area contributed by atoms with Crippen LogP contribution in [-0.4, -0.2) is 33.7 Å². The summed E-state index contributed by atoms with van der Waals surface area (Å²) in [7, 11) is 1.68. The summed E-state index contributed by atoms with van der Waals surface area (Å²) in [6, 6.07) is 4.84. The van der Waals surface area contributed by atoms with E-state index in [-0.39, 0.29) is 57.5 Å². The fourth-order valence-electron chi connectivity index (χ4n) is 2.22. The molecule has 2 heterocycles. The minimum atomic E-state index is -0.0596. The number of amidine groups is 1. The van der Waals surface area contributed by atoms with Gasteiger partial charge in [-0.3, -0.25) is 9.79 Å². The van der Waals surface area contributed by atoms with Crippen molar-refractivity contribution in [3.63, 3.8) is 0 Å². The van der Waals surface area contributed by atoms with Crippen LogP contribution in [0.4, 0.5) is 17.3 Å². The van der Waals surface area contributed by atoms with Gasteiger partial charge in [-0.2, -0.15) is 0 Å². The largest absolute Gasteiger partial charge is 0.504 e. The van der Waals surface area contributed by atoms with E-state index in [9.17, 15) is 9.90 Å². The van der Waals surface area contributed by atoms with E-state index >= 15 is 0 Å². The van der Waals surface area contributed by atoms with Crippen LogP contribution < -0.4 is 10.6 Å². The van der Waals surface area contributed by atoms with E-state index in [4.69, 9.17) is 0 Å². The molecule has 0 saturated carbocycles. The third-order valence-corrected chi connectivity index (χ3v) is 3.49. The second kappa shape index (κ2) is 15.7. The zero-order valence-electron chi connectivity index (χ0n) is 18.9. The van der Waals surface area contributed by atoms with Crippen LogP contribution in [0, 0.1) is 7.43 Å². The van der Waals surface area contributed by atoms with Crippen LogP contribution in [0.3, 0.4) is 0 Å². The first-order valence-electron chi connectivity index (χ1n) is 9.27. The summed E-state index contributed by atoms with van der Waals surface area (Å²) in [6.07, 6.45) is 5.30. The predicted octanol–water partition coefficient (Wildman–Crippen LogP) is 5.40. The van der Waals surface area contributed by atoms with E-state index in [0.717, 1.165) is 5.57 Å². The molecular formula is C22H32N5O2Y-. The third kappa shape index (κ3) is 9.14. The molecule has 0 spiro atoms. The maximum atomic E-state index is 12.2. The number of ketones is 1. The first-order chi connectivity index (χ1) is 13.4. The molecule has 0 amide bonds. The molecule has 0 fully saturated rings. The Morgan fingerprint density at radius 1 is 1.27 bits per heavy atom. The summed E-state index contributed by atoms with van der Waals surface area (Å²) in [5.41, 5.74) is 2.03. The molecule has 0 saturated heterocycles. The monoisotopic (exact) mass is 487 g/mol. The molecule has 2 aromatic rings. The zero-order chi connectivity index (χ0) is 21.1. The van der Waals surface area contributed by atoms with Crippen molar-refractivity contribution in [3.8, 4) is 5.75 Å². The summed E-state index contributed by atoms with van der Waals surface area (Å²) in [5, 5.41) is 16.1. The summed E-state index contributed by atoms with van der Waals surface area (Å²) in [5.74, 6) is 1.38. The van der Waals surface area contributed by atoms with Gasteiger partial charge < -0.3 is 23.2 Å². The van der Waals surface area contributed by atoms with Gasteiger partial charge in [-0.15, -0.1) is 0 Å². The van der Waals surface area contributed by atoms with Gasteiger partial charge in [0, 0.05) is 64.6 Å².